The summed E-state index contributed by atoms with van der Waals surface area (Å²) in [6.45, 7) is 0.151. The summed E-state index contributed by atoms with van der Waals surface area (Å²) < 4.78 is 43.8. The predicted octanol–water partition coefficient (Wildman–Crippen LogP) is 1.70. The van der Waals surface area contributed by atoms with Crippen molar-refractivity contribution in [1.82, 2.24) is 10.6 Å². The average molecular weight is 483 g/mol. The van der Waals surface area contributed by atoms with E-state index in [1.54, 1.807) is 7.05 Å². The van der Waals surface area contributed by atoms with Gasteiger partial charge in [-0.15, -0.1) is 24.0 Å². The van der Waals surface area contributed by atoms with Gasteiger partial charge in [0.25, 0.3) is 0 Å². The van der Waals surface area contributed by atoms with Crippen LogP contribution in [0.3, 0.4) is 0 Å². The number of nitrogens with zero attached hydrogens (tertiary/aromatic N) is 1. The molecule has 0 saturated carbocycles. The molecular formula is C16H23FIN3O3S. The molecule has 3 atom stereocenters. The fourth-order valence-electron chi connectivity index (χ4n) is 3.27. The Balaban J connectivity index is 0.00000225. The Morgan fingerprint density at radius 3 is 2.72 bits per heavy atom. The highest BCUT2D eigenvalue weighted by Crippen LogP contribution is 2.34. The maximum Gasteiger partial charge on any atom is 0.191 e. The van der Waals surface area contributed by atoms with Gasteiger partial charge in [0.1, 0.15) is 10.7 Å². The molecule has 2 heterocycles. The van der Waals surface area contributed by atoms with E-state index >= 15 is 0 Å². The second-order valence-corrected chi connectivity index (χ2v) is 8.19. The van der Waals surface area contributed by atoms with E-state index in [4.69, 9.17) is 4.74 Å². The minimum absolute atomic E-state index is 0. The molecule has 25 heavy (non-hydrogen) atoms. The van der Waals surface area contributed by atoms with Gasteiger partial charge >= 0.3 is 0 Å². The molecule has 2 aliphatic heterocycles. The first-order chi connectivity index (χ1) is 11.5. The van der Waals surface area contributed by atoms with E-state index < -0.39 is 15.7 Å². The van der Waals surface area contributed by atoms with E-state index in [0.717, 1.165) is 25.3 Å². The van der Waals surface area contributed by atoms with Gasteiger partial charge in [-0.05, 0) is 31.4 Å². The van der Waals surface area contributed by atoms with Gasteiger partial charge in [0, 0.05) is 13.6 Å². The van der Waals surface area contributed by atoms with Gasteiger partial charge in [0.2, 0.25) is 0 Å². The lowest BCUT2D eigenvalue weighted by Crippen LogP contribution is -2.48. The van der Waals surface area contributed by atoms with Gasteiger partial charge in [-0.2, -0.15) is 0 Å². The number of rotatable bonds is 5. The van der Waals surface area contributed by atoms with E-state index in [9.17, 15) is 12.8 Å². The summed E-state index contributed by atoms with van der Waals surface area (Å²) >= 11 is 0. The Morgan fingerprint density at radius 2 is 2.12 bits per heavy atom. The number of fused-ring (bicyclic) bond motifs is 2. The maximum atomic E-state index is 13.6. The van der Waals surface area contributed by atoms with Crippen LogP contribution in [0.1, 0.15) is 19.3 Å². The van der Waals surface area contributed by atoms with Crippen molar-refractivity contribution in [3.05, 3.63) is 30.1 Å². The molecule has 2 fully saturated rings. The number of ether oxygens (including phenoxy) is 1. The number of nitrogens with one attached hydrogen (secondary N) is 2. The molecule has 0 amide bonds. The summed E-state index contributed by atoms with van der Waals surface area (Å²) in [6.07, 6.45) is 3.62. The van der Waals surface area contributed by atoms with Crippen LogP contribution in [0.25, 0.3) is 0 Å². The first-order valence-electron chi connectivity index (χ1n) is 8.09. The fraction of sp³-hybridized carbons (Fsp3) is 0.562. The van der Waals surface area contributed by atoms with Crippen LogP contribution < -0.4 is 10.6 Å². The monoisotopic (exact) mass is 483 g/mol. The van der Waals surface area contributed by atoms with Crippen LogP contribution in [0, 0.1) is 5.82 Å². The lowest BCUT2D eigenvalue weighted by Gasteiger charge is -2.22. The number of sulfone groups is 1. The fourth-order valence-corrected chi connectivity index (χ4v) is 4.51. The standard InChI is InChI=1S/C16H22FN3O3S.HI/c1-18-16(20-13-10-11-6-7-14(13)23-11)19-8-9-24(21,22)15-5-3-2-4-12(15)17;/h2-5,11,13-14H,6-10H2,1H3,(H2,18,19,20);1H. The van der Waals surface area contributed by atoms with Gasteiger partial charge in [0.05, 0.1) is 24.0 Å². The van der Waals surface area contributed by atoms with Crippen molar-refractivity contribution >= 4 is 39.8 Å². The molecule has 9 heteroatoms. The molecule has 6 nitrogen and oxygen atoms in total. The van der Waals surface area contributed by atoms with Gasteiger partial charge < -0.3 is 15.4 Å². The van der Waals surface area contributed by atoms with Crippen molar-refractivity contribution in [3.8, 4) is 0 Å². The van der Waals surface area contributed by atoms with Crippen molar-refractivity contribution in [2.75, 3.05) is 19.3 Å². The van der Waals surface area contributed by atoms with Crippen LogP contribution in [-0.4, -0.2) is 52.0 Å². The van der Waals surface area contributed by atoms with E-state index in [-0.39, 0.29) is 53.3 Å². The Morgan fingerprint density at radius 1 is 1.36 bits per heavy atom. The first-order valence-corrected chi connectivity index (χ1v) is 9.75. The van der Waals surface area contributed by atoms with Gasteiger partial charge in [-0.1, -0.05) is 12.1 Å². The molecule has 1 aromatic rings. The van der Waals surface area contributed by atoms with Crippen LogP contribution in [-0.2, 0) is 14.6 Å². The third kappa shape index (κ3) is 4.82. The highest BCUT2D eigenvalue weighted by atomic mass is 127. The average Bonchev–Trinajstić information content (AvgIpc) is 3.16. The third-order valence-corrected chi connectivity index (χ3v) is 6.23. The Labute approximate surface area is 164 Å². The summed E-state index contributed by atoms with van der Waals surface area (Å²) in [5.41, 5.74) is 0. The Kier molecular flexibility index (Phi) is 7.03. The van der Waals surface area contributed by atoms with E-state index in [1.165, 1.54) is 18.2 Å². The SMILES string of the molecule is CN=C(NCCS(=O)(=O)c1ccccc1F)NC1CC2CCC1O2.I. The maximum absolute atomic E-state index is 13.6. The zero-order valence-corrected chi connectivity index (χ0v) is 17.1. The summed E-state index contributed by atoms with van der Waals surface area (Å²) in [6, 6.07) is 5.62. The van der Waals surface area contributed by atoms with Crippen molar-refractivity contribution in [1.29, 1.82) is 0 Å². The Hall–Kier alpha value is -0.940. The molecule has 0 aliphatic carbocycles. The van der Waals surface area contributed by atoms with Crippen LogP contribution >= 0.6 is 24.0 Å². The number of hydrogen-bond donors (Lipinski definition) is 2. The molecule has 3 unspecified atom stereocenters. The molecule has 0 spiro atoms. The van der Waals surface area contributed by atoms with Crippen molar-refractivity contribution in [3.63, 3.8) is 0 Å². The molecule has 0 radical (unpaired) electrons. The summed E-state index contributed by atoms with van der Waals surface area (Å²) in [4.78, 5) is 3.85. The molecule has 0 aromatic heterocycles. The van der Waals surface area contributed by atoms with E-state index in [0.29, 0.717) is 12.1 Å². The van der Waals surface area contributed by atoms with E-state index in [1.807, 2.05) is 0 Å². The molecule has 2 N–H and O–H groups in total. The van der Waals surface area contributed by atoms with Crippen molar-refractivity contribution in [2.45, 2.75) is 42.4 Å². The lowest BCUT2D eigenvalue weighted by molar-refractivity contribution is 0.0992. The molecule has 3 rings (SSSR count). The van der Waals surface area contributed by atoms with Crippen molar-refractivity contribution in [2.24, 2.45) is 4.99 Å². The van der Waals surface area contributed by atoms with Crippen molar-refractivity contribution < 1.29 is 17.5 Å². The number of benzene rings is 1. The molecule has 2 aliphatic rings. The summed E-state index contributed by atoms with van der Waals surface area (Å²) in [5, 5.41) is 6.26. The van der Waals surface area contributed by atoms with Crippen LogP contribution in [0.4, 0.5) is 4.39 Å². The number of guanidine groups is 1. The third-order valence-electron chi connectivity index (χ3n) is 4.49. The minimum Gasteiger partial charge on any atom is -0.373 e. The molecule has 2 bridgehead atoms. The summed E-state index contributed by atoms with van der Waals surface area (Å²) in [5.74, 6) is -0.388. The quantitative estimate of drug-likeness (QED) is 0.379. The normalized spacial score (nSPS) is 25.5. The lowest BCUT2D eigenvalue weighted by atomic mass is 9.96. The Bertz CT molecular complexity index is 729. The van der Waals surface area contributed by atoms with Gasteiger partial charge in [-0.3, -0.25) is 4.99 Å². The van der Waals surface area contributed by atoms with Gasteiger partial charge in [0.15, 0.2) is 15.8 Å². The topological polar surface area (TPSA) is 79.8 Å². The van der Waals surface area contributed by atoms with E-state index in [2.05, 4.69) is 15.6 Å². The largest absolute Gasteiger partial charge is 0.373 e. The molecule has 1 aromatic carbocycles. The van der Waals surface area contributed by atoms with Crippen LogP contribution in [0.5, 0.6) is 0 Å². The second-order valence-electron chi connectivity index (χ2n) is 6.11. The van der Waals surface area contributed by atoms with Gasteiger partial charge in [-0.25, -0.2) is 12.8 Å². The smallest absolute Gasteiger partial charge is 0.191 e. The highest BCUT2D eigenvalue weighted by molar-refractivity contribution is 14.0. The molecular weight excluding hydrogens is 460 g/mol. The number of hydrogen-bond acceptors (Lipinski definition) is 4. The first kappa shape index (κ1) is 20.4. The highest BCUT2D eigenvalue weighted by Gasteiger charge is 2.41. The molecule has 140 valence electrons. The minimum atomic E-state index is -3.68. The van der Waals surface area contributed by atoms with Crippen LogP contribution in [0.15, 0.2) is 34.2 Å². The second kappa shape index (κ2) is 8.63. The molecule has 2 saturated heterocycles. The number of aliphatic imine (C=N–C) groups is 1. The summed E-state index contributed by atoms with van der Waals surface area (Å²) in [7, 11) is -2.04. The van der Waals surface area contributed by atoms with Crippen LogP contribution in [0.2, 0.25) is 0 Å². The number of halogens is 2. The predicted molar refractivity (Wildman–Crippen MR) is 105 cm³/mol. The zero-order chi connectivity index (χ0) is 17.2. The zero-order valence-electron chi connectivity index (χ0n) is 13.9.